The molecule has 0 radical (unpaired) electrons. The van der Waals surface area contributed by atoms with Crippen molar-refractivity contribution in [2.24, 2.45) is 11.7 Å². The quantitative estimate of drug-likeness (QED) is 0.699. The van der Waals surface area contributed by atoms with Gasteiger partial charge in [-0.05, 0) is 30.7 Å². The highest BCUT2D eigenvalue weighted by molar-refractivity contribution is 5.97. The maximum atomic E-state index is 11.7. The normalized spacial score (nSPS) is 11.6. The molecule has 0 saturated carbocycles. The van der Waals surface area contributed by atoms with Crippen LogP contribution in [-0.2, 0) is 4.79 Å². The van der Waals surface area contributed by atoms with Crippen molar-refractivity contribution in [1.82, 2.24) is 5.32 Å². The SMILES string of the molecule is CCC(CNC(=O)c1ccc(C(N)=O)cc1)C(=O)O. The average Bonchev–Trinajstić information content (AvgIpc) is 2.38. The van der Waals surface area contributed by atoms with Crippen molar-refractivity contribution in [2.45, 2.75) is 13.3 Å². The van der Waals surface area contributed by atoms with Gasteiger partial charge in [0.1, 0.15) is 0 Å². The lowest BCUT2D eigenvalue weighted by Crippen LogP contribution is -2.32. The average molecular weight is 264 g/mol. The van der Waals surface area contributed by atoms with Gasteiger partial charge in [0.15, 0.2) is 0 Å². The molecule has 0 spiro atoms. The summed E-state index contributed by atoms with van der Waals surface area (Å²) in [4.78, 5) is 33.4. The Morgan fingerprint density at radius 2 is 1.74 bits per heavy atom. The van der Waals surface area contributed by atoms with Gasteiger partial charge in [0, 0.05) is 17.7 Å². The Morgan fingerprint density at radius 3 is 2.16 bits per heavy atom. The smallest absolute Gasteiger partial charge is 0.308 e. The molecule has 6 nitrogen and oxygen atoms in total. The van der Waals surface area contributed by atoms with Crippen LogP contribution in [0.5, 0.6) is 0 Å². The molecule has 0 aliphatic carbocycles. The molecule has 0 bridgehead atoms. The number of hydrogen-bond donors (Lipinski definition) is 3. The lowest BCUT2D eigenvalue weighted by molar-refractivity contribution is -0.141. The summed E-state index contributed by atoms with van der Waals surface area (Å²) < 4.78 is 0. The summed E-state index contributed by atoms with van der Waals surface area (Å²) in [6.45, 7) is 1.81. The molecule has 6 heteroatoms. The number of benzene rings is 1. The van der Waals surface area contributed by atoms with Crippen LogP contribution < -0.4 is 11.1 Å². The zero-order valence-electron chi connectivity index (χ0n) is 10.6. The molecule has 19 heavy (non-hydrogen) atoms. The third kappa shape index (κ3) is 4.09. The second kappa shape index (κ2) is 6.53. The first-order valence-electron chi connectivity index (χ1n) is 5.86. The van der Waals surface area contributed by atoms with Crippen LogP contribution in [0.4, 0.5) is 0 Å². The highest BCUT2D eigenvalue weighted by Crippen LogP contribution is 2.05. The number of rotatable bonds is 6. The second-order valence-electron chi connectivity index (χ2n) is 4.10. The molecule has 1 unspecified atom stereocenters. The first-order chi connectivity index (χ1) is 8.95. The zero-order valence-corrected chi connectivity index (χ0v) is 10.6. The molecule has 0 fully saturated rings. The number of aliphatic carboxylic acids is 1. The number of amides is 2. The number of nitrogens with two attached hydrogens (primary N) is 1. The lowest BCUT2D eigenvalue weighted by atomic mass is 10.1. The molecule has 0 heterocycles. The van der Waals surface area contributed by atoms with Gasteiger partial charge in [0.25, 0.3) is 5.91 Å². The van der Waals surface area contributed by atoms with E-state index in [1.807, 2.05) is 0 Å². The number of carboxylic acid groups (broad SMARTS) is 1. The van der Waals surface area contributed by atoms with Gasteiger partial charge in [0.2, 0.25) is 5.91 Å². The number of carbonyl (C=O) groups is 3. The molecule has 0 aliphatic rings. The summed E-state index contributed by atoms with van der Waals surface area (Å²) in [6.07, 6.45) is 0.441. The molecule has 102 valence electrons. The fourth-order valence-electron chi connectivity index (χ4n) is 1.51. The summed E-state index contributed by atoms with van der Waals surface area (Å²) in [5.74, 6) is -2.49. The van der Waals surface area contributed by atoms with Gasteiger partial charge in [0.05, 0.1) is 5.92 Å². The molecule has 1 rings (SSSR count). The number of hydrogen-bond acceptors (Lipinski definition) is 3. The first-order valence-corrected chi connectivity index (χ1v) is 5.86. The molecule has 1 atom stereocenters. The molecular weight excluding hydrogens is 248 g/mol. The highest BCUT2D eigenvalue weighted by atomic mass is 16.4. The standard InChI is InChI=1S/C13H16N2O4/c1-2-8(13(18)19)7-15-12(17)10-5-3-9(4-6-10)11(14)16/h3-6,8H,2,7H2,1H3,(H2,14,16)(H,15,17)(H,18,19). The van der Waals surface area contributed by atoms with E-state index in [4.69, 9.17) is 10.8 Å². The molecule has 1 aromatic rings. The Hall–Kier alpha value is -2.37. The predicted molar refractivity (Wildman–Crippen MR) is 68.7 cm³/mol. The maximum absolute atomic E-state index is 11.7. The van der Waals surface area contributed by atoms with Crippen LogP contribution in [0.1, 0.15) is 34.1 Å². The largest absolute Gasteiger partial charge is 0.481 e. The predicted octanol–water partition coefficient (Wildman–Crippen LogP) is 0.626. The Labute approximate surface area is 110 Å². The van der Waals surface area contributed by atoms with Gasteiger partial charge >= 0.3 is 5.97 Å². The van der Waals surface area contributed by atoms with E-state index in [2.05, 4.69) is 5.32 Å². The summed E-state index contributed by atoms with van der Waals surface area (Å²) in [5.41, 5.74) is 5.75. The van der Waals surface area contributed by atoms with E-state index >= 15 is 0 Å². The third-order valence-electron chi connectivity index (χ3n) is 2.78. The van der Waals surface area contributed by atoms with Crippen LogP contribution in [-0.4, -0.2) is 29.4 Å². The summed E-state index contributed by atoms with van der Waals surface area (Å²) >= 11 is 0. The van der Waals surface area contributed by atoms with Crippen LogP contribution in [0, 0.1) is 5.92 Å². The molecule has 1 aromatic carbocycles. The monoisotopic (exact) mass is 264 g/mol. The topological polar surface area (TPSA) is 109 Å². The molecule has 0 aromatic heterocycles. The fraction of sp³-hybridized carbons (Fsp3) is 0.308. The second-order valence-corrected chi connectivity index (χ2v) is 4.10. The Morgan fingerprint density at radius 1 is 1.21 bits per heavy atom. The summed E-state index contributed by atoms with van der Waals surface area (Å²) in [5, 5.41) is 11.4. The van der Waals surface area contributed by atoms with Crippen molar-refractivity contribution in [3.05, 3.63) is 35.4 Å². The van der Waals surface area contributed by atoms with Gasteiger partial charge in [-0.3, -0.25) is 14.4 Å². The van der Waals surface area contributed by atoms with Crippen molar-refractivity contribution >= 4 is 17.8 Å². The first kappa shape index (κ1) is 14.7. The third-order valence-corrected chi connectivity index (χ3v) is 2.78. The van der Waals surface area contributed by atoms with E-state index < -0.39 is 17.8 Å². The lowest BCUT2D eigenvalue weighted by Gasteiger charge is -2.11. The van der Waals surface area contributed by atoms with Gasteiger partial charge in [-0.1, -0.05) is 6.92 Å². The minimum atomic E-state index is -0.938. The van der Waals surface area contributed by atoms with Crippen molar-refractivity contribution < 1.29 is 19.5 Å². The molecule has 0 aliphatic heterocycles. The molecule has 2 amide bonds. The van der Waals surface area contributed by atoms with Gasteiger partial charge in [-0.15, -0.1) is 0 Å². The van der Waals surface area contributed by atoms with Crippen LogP contribution in [0.2, 0.25) is 0 Å². The van der Waals surface area contributed by atoms with E-state index in [0.29, 0.717) is 17.5 Å². The van der Waals surface area contributed by atoms with E-state index in [9.17, 15) is 14.4 Å². The van der Waals surface area contributed by atoms with Crippen molar-refractivity contribution in [2.75, 3.05) is 6.54 Å². The number of carboxylic acids is 1. The Balaban J connectivity index is 2.63. The van der Waals surface area contributed by atoms with Crippen LogP contribution >= 0.6 is 0 Å². The Kier molecular flexibility index (Phi) is 5.05. The van der Waals surface area contributed by atoms with E-state index in [1.165, 1.54) is 24.3 Å². The van der Waals surface area contributed by atoms with Crippen LogP contribution in [0.25, 0.3) is 0 Å². The molecular formula is C13H16N2O4. The van der Waals surface area contributed by atoms with Crippen molar-refractivity contribution in [3.8, 4) is 0 Å². The van der Waals surface area contributed by atoms with E-state index in [-0.39, 0.29) is 12.5 Å². The van der Waals surface area contributed by atoms with E-state index in [1.54, 1.807) is 6.92 Å². The summed E-state index contributed by atoms with van der Waals surface area (Å²) in [7, 11) is 0. The zero-order chi connectivity index (χ0) is 14.4. The van der Waals surface area contributed by atoms with Crippen LogP contribution in [0.3, 0.4) is 0 Å². The summed E-state index contributed by atoms with van der Waals surface area (Å²) in [6, 6.07) is 5.84. The highest BCUT2D eigenvalue weighted by Gasteiger charge is 2.16. The van der Waals surface area contributed by atoms with E-state index in [0.717, 1.165) is 0 Å². The van der Waals surface area contributed by atoms with Crippen molar-refractivity contribution in [1.29, 1.82) is 0 Å². The van der Waals surface area contributed by atoms with Gasteiger partial charge < -0.3 is 16.2 Å². The number of nitrogens with one attached hydrogen (secondary N) is 1. The molecule has 0 saturated heterocycles. The number of primary amides is 1. The minimum Gasteiger partial charge on any atom is -0.481 e. The maximum Gasteiger partial charge on any atom is 0.308 e. The van der Waals surface area contributed by atoms with Gasteiger partial charge in [-0.2, -0.15) is 0 Å². The van der Waals surface area contributed by atoms with Gasteiger partial charge in [-0.25, -0.2) is 0 Å². The fourth-order valence-corrected chi connectivity index (χ4v) is 1.51. The molecule has 4 N–H and O–H groups in total. The van der Waals surface area contributed by atoms with Crippen LogP contribution in [0.15, 0.2) is 24.3 Å². The Bertz CT molecular complexity index is 482. The number of carbonyl (C=O) groups excluding carboxylic acids is 2. The minimum absolute atomic E-state index is 0.0717. The van der Waals surface area contributed by atoms with Crippen molar-refractivity contribution in [3.63, 3.8) is 0 Å².